The highest BCUT2D eigenvalue weighted by molar-refractivity contribution is 5.87. The summed E-state index contributed by atoms with van der Waals surface area (Å²) in [5.74, 6) is 0.863. The lowest BCUT2D eigenvalue weighted by Crippen LogP contribution is -2.55. The van der Waals surface area contributed by atoms with Crippen LogP contribution in [-0.4, -0.2) is 29.2 Å². The van der Waals surface area contributed by atoms with Crippen LogP contribution in [0.2, 0.25) is 0 Å². The van der Waals surface area contributed by atoms with Crippen LogP contribution in [-0.2, 0) is 11.2 Å². The van der Waals surface area contributed by atoms with E-state index in [0.29, 0.717) is 12.5 Å². The Labute approximate surface area is 141 Å². The van der Waals surface area contributed by atoms with Gasteiger partial charge in [0.2, 0.25) is 5.91 Å². The molecule has 0 radical (unpaired) electrons. The van der Waals surface area contributed by atoms with E-state index >= 15 is 0 Å². The Morgan fingerprint density at radius 1 is 1.38 bits per heavy atom. The van der Waals surface area contributed by atoms with Crippen molar-refractivity contribution in [3.05, 3.63) is 41.7 Å². The van der Waals surface area contributed by atoms with E-state index in [4.69, 9.17) is 4.52 Å². The summed E-state index contributed by atoms with van der Waals surface area (Å²) < 4.78 is 5.54. The molecule has 2 aromatic rings. The van der Waals surface area contributed by atoms with Crippen molar-refractivity contribution in [2.24, 2.45) is 0 Å². The summed E-state index contributed by atoms with van der Waals surface area (Å²) in [6, 6.07) is 10.5. The largest absolute Gasteiger partial charge is 0.361 e. The number of nitrogens with one attached hydrogen (secondary N) is 2. The Balaban J connectivity index is 1.52. The first-order chi connectivity index (χ1) is 11.6. The third-order valence-electron chi connectivity index (χ3n) is 4.97. The molecule has 5 heteroatoms. The van der Waals surface area contributed by atoms with Crippen LogP contribution in [0.25, 0.3) is 11.3 Å². The van der Waals surface area contributed by atoms with Crippen molar-refractivity contribution in [1.29, 1.82) is 0 Å². The molecule has 1 aromatic carbocycles. The summed E-state index contributed by atoms with van der Waals surface area (Å²) in [7, 11) is 0. The average Bonchev–Trinajstić information content (AvgIpc) is 3.08. The zero-order valence-electron chi connectivity index (χ0n) is 14.0. The lowest BCUT2D eigenvalue weighted by Gasteiger charge is -2.27. The molecule has 1 aliphatic heterocycles. The van der Waals surface area contributed by atoms with Gasteiger partial charge in [-0.1, -0.05) is 35.0 Å². The van der Waals surface area contributed by atoms with Gasteiger partial charge in [-0.2, -0.15) is 0 Å². The Morgan fingerprint density at radius 2 is 2.17 bits per heavy atom. The van der Waals surface area contributed by atoms with E-state index in [9.17, 15) is 4.79 Å². The molecule has 0 bridgehead atoms. The second-order valence-corrected chi connectivity index (χ2v) is 7.08. The normalized spacial score (nSPS) is 23.4. The van der Waals surface area contributed by atoms with Gasteiger partial charge in [-0.05, 0) is 39.2 Å². The summed E-state index contributed by atoms with van der Waals surface area (Å²) in [6.45, 7) is 2.93. The van der Waals surface area contributed by atoms with Crippen molar-refractivity contribution >= 4 is 5.91 Å². The number of hydrogen-bond acceptors (Lipinski definition) is 4. The predicted molar refractivity (Wildman–Crippen MR) is 91.5 cm³/mol. The van der Waals surface area contributed by atoms with Crippen LogP contribution < -0.4 is 10.6 Å². The van der Waals surface area contributed by atoms with Crippen LogP contribution in [0.15, 0.2) is 34.9 Å². The molecule has 5 nitrogen and oxygen atoms in total. The van der Waals surface area contributed by atoms with E-state index in [2.05, 4.69) is 34.8 Å². The third-order valence-corrected chi connectivity index (χ3v) is 4.97. The van der Waals surface area contributed by atoms with Crippen LogP contribution in [0, 0.1) is 6.92 Å². The molecule has 2 fully saturated rings. The fourth-order valence-electron chi connectivity index (χ4n) is 3.34. The number of rotatable bonds is 5. The number of aromatic nitrogens is 1. The van der Waals surface area contributed by atoms with Gasteiger partial charge in [-0.15, -0.1) is 0 Å². The van der Waals surface area contributed by atoms with Crippen molar-refractivity contribution < 1.29 is 9.32 Å². The number of carbonyl (C=O) groups excluding carboxylic acids is 1. The fraction of sp³-hybridized carbons (Fsp3) is 0.474. The molecule has 2 heterocycles. The van der Waals surface area contributed by atoms with E-state index in [0.717, 1.165) is 49.2 Å². The van der Waals surface area contributed by atoms with E-state index in [1.165, 1.54) is 5.56 Å². The molecule has 2 N–H and O–H groups in total. The first-order valence-corrected chi connectivity index (χ1v) is 8.73. The highest BCUT2D eigenvalue weighted by Gasteiger charge is 2.43. The molecule has 1 aliphatic carbocycles. The lowest BCUT2D eigenvalue weighted by molar-refractivity contribution is -0.127. The van der Waals surface area contributed by atoms with Gasteiger partial charge in [0, 0.05) is 24.1 Å². The maximum Gasteiger partial charge on any atom is 0.240 e. The van der Waals surface area contributed by atoms with Crippen LogP contribution >= 0.6 is 0 Å². The van der Waals surface area contributed by atoms with Crippen molar-refractivity contribution in [2.75, 3.05) is 6.54 Å². The Morgan fingerprint density at radius 3 is 2.83 bits per heavy atom. The van der Waals surface area contributed by atoms with E-state index in [1.807, 2.05) is 18.2 Å². The minimum Gasteiger partial charge on any atom is -0.361 e. The maximum atomic E-state index is 12.7. The second-order valence-electron chi connectivity index (χ2n) is 7.08. The van der Waals surface area contributed by atoms with E-state index in [1.54, 1.807) is 0 Å². The molecule has 24 heavy (non-hydrogen) atoms. The molecule has 1 amide bonds. The third kappa shape index (κ3) is 3.08. The standard InChI is InChI=1S/C19H23N3O2/c1-13-3-5-14(6-4-13)17-11-16(24-22-17)12-19(9-2-10-20-19)18(23)21-15-7-8-15/h3-6,11,15,20H,2,7-10,12H2,1H3,(H,21,23)/t19-/m0/s1. The summed E-state index contributed by atoms with van der Waals surface area (Å²) in [5, 5.41) is 10.7. The topological polar surface area (TPSA) is 67.2 Å². The minimum atomic E-state index is -0.549. The Hall–Kier alpha value is -2.14. The minimum absolute atomic E-state index is 0.107. The van der Waals surface area contributed by atoms with Gasteiger partial charge in [0.05, 0.1) is 0 Å². The van der Waals surface area contributed by atoms with Crippen LogP contribution in [0.3, 0.4) is 0 Å². The van der Waals surface area contributed by atoms with Crippen LogP contribution in [0.1, 0.15) is 37.0 Å². The van der Waals surface area contributed by atoms with Crippen LogP contribution in [0.4, 0.5) is 0 Å². The molecule has 2 aliphatic rings. The Kier molecular flexibility index (Phi) is 3.88. The zero-order chi connectivity index (χ0) is 16.6. The molecule has 0 unspecified atom stereocenters. The molecular weight excluding hydrogens is 302 g/mol. The van der Waals surface area contributed by atoms with Crippen molar-refractivity contribution in [3.8, 4) is 11.3 Å². The maximum absolute atomic E-state index is 12.7. The predicted octanol–water partition coefficient (Wildman–Crippen LogP) is 2.59. The smallest absolute Gasteiger partial charge is 0.240 e. The molecule has 0 spiro atoms. The molecule has 126 valence electrons. The van der Waals surface area contributed by atoms with Crippen molar-refractivity contribution in [1.82, 2.24) is 15.8 Å². The van der Waals surface area contributed by atoms with Gasteiger partial charge in [-0.3, -0.25) is 4.79 Å². The van der Waals surface area contributed by atoms with Crippen molar-refractivity contribution in [3.63, 3.8) is 0 Å². The first-order valence-electron chi connectivity index (χ1n) is 8.73. The summed E-state index contributed by atoms with van der Waals surface area (Å²) in [6.07, 6.45) is 4.59. The van der Waals surface area contributed by atoms with Gasteiger partial charge < -0.3 is 15.2 Å². The lowest BCUT2D eigenvalue weighted by atomic mass is 9.90. The van der Waals surface area contributed by atoms with Gasteiger partial charge in [0.15, 0.2) is 0 Å². The van der Waals surface area contributed by atoms with Gasteiger partial charge in [0.1, 0.15) is 17.0 Å². The fourth-order valence-corrected chi connectivity index (χ4v) is 3.34. The molecule has 1 atom stereocenters. The second kappa shape index (κ2) is 6.06. The van der Waals surface area contributed by atoms with Gasteiger partial charge in [-0.25, -0.2) is 0 Å². The molecule has 1 saturated carbocycles. The average molecular weight is 325 g/mol. The van der Waals surface area contributed by atoms with Gasteiger partial charge >= 0.3 is 0 Å². The summed E-state index contributed by atoms with van der Waals surface area (Å²) in [4.78, 5) is 12.7. The Bertz CT molecular complexity index is 725. The number of amides is 1. The SMILES string of the molecule is Cc1ccc(-c2cc(C[C@]3(C(=O)NC4CC4)CCCN3)on2)cc1. The zero-order valence-corrected chi connectivity index (χ0v) is 14.0. The molecule has 1 aromatic heterocycles. The number of nitrogens with zero attached hydrogens (tertiary/aromatic N) is 1. The molecule has 1 saturated heterocycles. The summed E-state index contributed by atoms with van der Waals surface area (Å²) >= 11 is 0. The van der Waals surface area contributed by atoms with E-state index in [-0.39, 0.29) is 5.91 Å². The van der Waals surface area contributed by atoms with Crippen LogP contribution in [0.5, 0.6) is 0 Å². The van der Waals surface area contributed by atoms with E-state index < -0.39 is 5.54 Å². The highest BCUT2D eigenvalue weighted by atomic mass is 16.5. The monoisotopic (exact) mass is 325 g/mol. The quantitative estimate of drug-likeness (QED) is 0.887. The number of benzene rings is 1. The number of aryl methyl sites for hydroxylation is 1. The number of hydrogen-bond donors (Lipinski definition) is 2. The molecular formula is C19H23N3O2. The number of carbonyl (C=O) groups is 1. The van der Waals surface area contributed by atoms with Gasteiger partial charge in [0.25, 0.3) is 0 Å². The van der Waals surface area contributed by atoms with Crippen molar-refractivity contribution in [2.45, 2.75) is 50.6 Å². The summed E-state index contributed by atoms with van der Waals surface area (Å²) in [5.41, 5.74) is 2.52. The highest BCUT2D eigenvalue weighted by Crippen LogP contribution is 2.29. The first kappa shape index (κ1) is 15.4. The molecule has 4 rings (SSSR count).